The molecule has 0 rings (SSSR count). The lowest BCUT2D eigenvalue weighted by Gasteiger charge is -2.22. The monoisotopic (exact) mass is 215 g/mol. The Kier molecular flexibility index (Phi) is 6.36. The molecule has 0 aliphatic heterocycles. The first-order valence-electron chi connectivity index (χ1n) is 5.40. The third kappa shape index (κ3) is 11.2. The summed E-state index contributed by atoms with van der Waals surface area (Å²) in [6.45, 7) is 9.43. The van der Waals surface area contributed by atoms with Gasteiger partial charge in [0, 0.05) is 30.5 Å². The van der Waals surface area contributed by atoms with Crippen LogP contribution >= 0.6 is 0 Å². The highest BCUT2D eigenvalue weighted by Gasteiger charge is 2.11. The Morgan fingerprint density at radius 2 is 2.07 bits per heavy atom. The predicted molar refractivity (Wildman–Crippen MR) is 64.3 cm³/mol. The average molecular weight is 215 g/mol. The largest absolute Gasteiger partial charge is 0.401 e. The van der Waals surface area contributed by atoms with Gasteiger partial charge in [0.25, 0.3) is 0 Å². The van der Waals surface area contributed by atoms with Gasteiger partial charge in [0.1, 0.15) is 0 Å². The number of allylic oxidation sites excluding steroid dienone is 1. The lowest BCUT2D eigenvalue weighted by molar-refractivity contribution is 0.152. The first-order valence-corrected chi connectivity index (χ1v) is 5.40. The average Bonchev–Trinajstić information content (AvgIpc) is 2.07. The van der Waals surface area contributed by atoms with E-state index in [2.05, 4.69) is 31.4 Å². The summed E-state index contributed by atoms with van der Waals surface area (Å²) in [5.41, 5.74) is 6.25. The summed E-state index contributed by atoms with van der Waals surface area (Å²) in [6.07, 6.45) is 2.15. The summed E-state index contributed by atoms with van der Waals surface area (Å²) in [5, 5.41) is 15.9. The lowest BCUT2D eigenvalue weighted by atomic mass is 10.1. The topological polar surface area (TPSA) is 70.3 Å². The van der Waals surface area contributed by atoms with Gasteiger partial charge < -0.3 is 21.5 Å². The third-order valence-electron chi connectivity index (χ3n) is 1.82. The Balaban J connectivity index is 3.50. The van der Waals surface area contributed by atoms with Crippen LogP contribution in [-0.2, 0) is 0 Å². The molecular formula is C11H25N3O. The molecule has 0 spiro atoms. The minimum Gasteiger partial charge on any atom is -0.401 e. The maximum Gasteiger partial charge on any atom is 0.0681 e. The molecular weight excluding hydrogens is 190 g/mol. The van der Waals surface area contributed by atoms with Crippen LogP contribution in [0.1, 0.15) is 34.1 Å². The molecule has 1 atom stereocenters. The number of nitrogens with one attached hydrogen (secondary N) is 2. The number of aliphatic hydroxyl groups excluding tert-OH is 1. The standard InChI is InChI=1S/C11H25N3O/c1-9(12)7-13-6-5-10(15)8-14-11(2,3)4/h7,10,13-15H,5-6,8,12H2,1-4H3/b9-7-. The van der Waals surface area contributed by atoms with Gasteiger partial charge in [-0.05, 0) is 34.1 Å². The van der Waals surface area contributed by atoms with Crippen molar-refractivity contribution >= 4 is 0 Å². The zero-order valence-corrected chi connectivity index (χ0v) is 10.3. The molecule has 0 aliphatic carbocycles. The molecule has 0 bridgehead atoms. The van der Waals surface area contributed by atoms with Crippen molar-refractivity contribution in [3.8, 4) is 0 Å². The van der Waals surface area contributed by atoms with Crippen LogP contribution in [0.4, 0.5) is 0 Å². The van der Waals surface area contributed by atoms with Crippen LogP contribution in [0.2, 0.25) is 0 Å². The molecule has 0 aromatic rings. The molecule has 0 fully saturated rings. The highest BCUT2D eigenvalue weighted by atomic mass is 16.3. The molecule has 0 aliphatic rings. The van der Waals surface area contributed by atoms with Crippen LogP contribution in [0.3, 0.4) is 0 Å². The van der Waals surface area contributed by atoms with Crippen molar-refractivity contribution in [3.63, 3.8) is 0 Å². The minimum atomic E-state index is -0.316. The summed E-state index contributed by atoms with van der Waals surface area (Å²) in [6, 6.07) is 0. The summed E-state index contributed by atoms with van der Waals surface area (Å²) >= 11 is 0. The van der Waals surface area contributed by atoms with E-state index in [4.69, 9.17) is 5.73 Å². The number of aliphatic hydroxyl groups is 1. The van der Waals surface area contributed by atoms with Gasteiger partial charge in [-0.3, -0.25) is 0 Å². The van der Waals surface area contributed by atoms with E-state index < -0.39 is 0 Å². The van der Waals surface area contributed by atoms with Gasteiger partial charge in [0.2, 0.25) is 0 Å². The molecule has 0 radical (unpaired) electrons. The summed E-state index contributed by atoms with van der Waals surface area (Å²) in [7, 11) is 0. The number of rotatable bonds is 6. The van der Waals surface area contributed by atoms with Gasteiger partial charge in [-0.15, -0.1) is 0 Å². The first-order chi connectivity index (χ1) is 6.81. The van der Waals surface area contributed by atoms with Crippen molar-refractivity contribution in [3.05, 3.63) is 11.9 Å². The van der Waals surface area contributed by atoms with Crippen LogP contribution in [0, 0.1) is 0 Å². The van der Waals surface area contributed by atoms with E-state index in [0.717, 1.165) is 12.2 Å². The number of nitrogens with two attached hydrogens (primary N) is 1. The third-order valence-corrected chi connectivity index (χ3v) is 1.82. The minimum absolute atomic E-state index is 0.0577. The Hall–Kier alpha value is -0.740. The van der Waals surface area contributed by atoms with Crippen molar-refractivity contribution in [2.75, 3.05) is 13.1 Å². The van der Waals surface area contributed by atoms with E-state index in [1.54, 1.807) is 6.20 Å². The van der Waals surface area contributed by atoms with E-state index in [1.165, 1.54) is 0 Å². The second-order valence-corrected chi connectivity index (χ2v) is 4.92. The smallest absolute Gasteiger partial charge is 0.0681 e. The van der Waals surface area contributed by atoms with Crippen molar-refractivity contribution in [1.82, 2.24) is 10.6 Å². The summed E-state index contributed by atoms with van der Waals surface area (Å²) in [5.74, 6) is 0. The number of hydrogen-bond donors (Lipinski definition) is 4. The maximum absolute atomic E-state index is 9.62. The van der Waals surface area contributed by atoms with Crippen LogP contribution in [0.5, 0.6) is 0 Å². The highest BCUT2D eigenvalue weighted by molar-refractivity contribution is 4.89. The Labute approximate surface area is 92.9 Å². The molecule has 0 aromatic heterocycles. The predicted octanol–water partition coefficient (Wildman–Crippen LogP) is 0.535. The molecule has 0 heterocycles. The van der Waals surface area contributed by atoms with Gasteiger partial charge in [-0.2, -0.15) is 0 Å². The number of β-amino-alcohol motifs (C(OH)–C–C–N with tert-alkyl or cyclic N) is 1. The zero-order valence-electron chi connectivity index (χ0n) is 10.3. The van der Waals surface area contributed by atoms with Gasteiger partial charge in [-0.1, -0.05) is 0 Å². The van der Waals surface area contributed by atoms with Gasteiger partial charge in [0.05, 0.1) is 6.10 Å². The molecule has 90 valence electrons. The molecule has 4 nitrogen and oxygen atoms in total. The maximum atomic E-state index is 9.62. The summed E-state index contributed by atoms with van der Waals surface area (Å²) in [4.78, 5) is 0. The van der Waals surface area contributed by atoms with Crippen LogP contribution in [-0.4, -0.2) is 29.8 Å². The lowest BCUT2D eigenvalue weighted by Crippen LogP contribution is -2.41. The quantitative estimate of drug-likeness (QED) is 0.488. The molecule has 0 saturated heterocycles. The van der Waals surface area contributed by atoms with Crippen molar-refractivity contribution < 1.29 is 5.11 Å². The fraction of sp³-hybridized carbons (Fsp3) is 0.818. The fourth-order valence-electron chi connectivity index (χ4n) is 1.01. The normalized spacial score (nSPS) is 15.1. The second kappa shape index (κ2) is 6.69. The molecule has 5 N–H and O–H groups in total. The van der Waals surface area contributed by atoms with Crippen molar-refractivity contribution in [2.24, 2.45) is 5.73 Å². The van der Waals surface area contributed by atoms with Crippen molar-refractivity contribution in [1.29, 1.82) is 0 Å². The van der Waals surface area contributed by atoms with Gasteiger partial charge in [-0.25, -0.2) is 0 Å². The van der Waals surface area contributed by atoms with E-state index in [-0.39, 0.29) is 11.6 Å². The molecule has 15 heavy (non-hydrogen) atoms. The van der Waals surface area contributed by atoms with E-state index in [9.17, 15) is 5.11 Å². The Bertz CT molecular complexity index is 192. The van der Waals surface area contributed by atoms with Crippen molar-refractivity contribution in [2.45, 2.75) is 45.8 Å². The summed E-state index contributed by atoms with van der Waals surface area (Å²) < 4.78 is 0. The zero-order chi connectivity index (χ0) is 11.9. The first kappa shape index (κ1) is 14.3. The fourth-order valence-corrected chi connectivity index (χ4v) is 1.01. The number of hydrogen-bond acceptors (Lipinski definition) is 4. The SMILES string of the molecule is C/C(N)=C/NCCC(O)CNC(C)(C)C. The van der Waals surface area contributed by atoms with E-state index >= 15 is 0 Å². The Morgan fingerprint density at radius 1 is 1.47 bits per heavy atom. The second-order valence-electron chi connectivity index (χ2n) is 4.92. The Morgan fingerprint density at radius 3 is 2.53 bits per heavy atom. The van der Waals surface area contributed by atoms with Gasteiger partial charge >= 0.3 is 0 Å². The molecule has 0 aromatic carbocycles. The van der Waals surface area contributed by atoms with Crippen LogP contribution in [0.25, 0.3) is 0 Å². The van der Waals surface area contributed by atoms with Crippen LogP contribution < -0.4 is 16.4 Å². The van der Waals surface area contributed by atoms with Crippen LogP contribution in [0.15, 0.2) is 11.9 Å². The van der Waals surface area contributed by atoms with Gasteiger partial charge in [0.15, 0.2) is 0 Å². The molecule has 1 unspecified atom stereocenters. The highest BCUT2D eigenvalue weighted by Crippen LogP contribution is 1.99. The molecule has 4 heteroatoms. The molecule has 0 amide bonds. The molecule has 0 saturated carbocycles. The van der Waals surface area contributed by atoms with E-state index in [1.807, 2.05) is 6.92 Å². The van der Waals surface area contributed by atoms with E-state index in [0.29, 0.717) is 13.0 Å².